The molecule has 0 aliphatic carbocycles. The summed E-state index contributed by atoms with van der Waals surface area (Å²) in [6.07, 6.45) is 19.3. The van der Waals surface area contributed by atoms with Crippen molar-refractivity contribution in [3.05, 3.63) is 276 Å². The molecule has 3 aromatic heterocycles. The monoisotopic (exact) mass is 2030 g/mol. The molecule has 0 unspecified atom stereocenters. The van der Waals surface area contributed by atoms with E-state index in [0.29, 0.717) is 41.1 Å². The Morgan fingerprint density at radius 2 is 0.888 bits per heavy atom. The molecule has 3 saturated heterocycles. The number of thiazole rings is 3. The van der Waals surface area contributed by atoms with Crippen LogP contribution in [0, 0.1) is 0 Å². The van der Waals surface area contributed by atoms with Crippen molar-refractivity contribution in [2.24, 2.45) is 0 Å². The summed E-state index contributed by atoms with van der Waals surface area (Å²) in [5.74, 6) is -1.08. The molecule has 8 aliphatic heterocycles. The molecule has 17 rings (SSSR count). The zero-order chi connectivity index (χ0) is 87.0. The van der Waals surface area contributed by atoms with Gasteiger partial charge in [-0.3, -0.25) is 38.4 Å². The van der Waals surface area contributed by atoms with Gasteiger partial charge in [0.15, 0.2) is 11.5 Å². The zero-order valence-corrected chi connectivity index (χ0v) is 86.9. The van der Waals surface area contributed by atoms with Crippen molar-refractivity contribution in [3.8, 4) is 0 Å². The number of aromatic nitrogens is 3. The van der Waals surface area contributed by atoms with Crippen LogP contribution in [0.25, 0.3) is 38.7 Å². The summed E-state index contributed by atoms with van der Waals surface area (Å²) in [5, 5.41) is 18.2. The number of carbonyl (C=O) groups excluding carboxylic acids is 4. The number of likely N-dealkylation sites (N-methyl/N-ethyl adjacent to an activating group) is 4. The van der Waals surface area contributed by atoms with E-state index in [9.17, 15) is 29.1 Å². The number of hydrogen-bond donors (Lipinski definition) is 0. The van der Waals surface area contributed by atoms with Crippen LogP contribution in [0.2, 0.25) is 0 Å². The molecule has 19 nitrogen and oxygen atoms in total. The van der Waals surface area contributed by atoms with Crippen molar-refractivity contribution in [3.63, 3.8) is 0 Å². The Bertz CT molecular complexity index is 6200. The fourth-order valence-electron chi connectivity index (χ4n) is 14.8. The van der Waals surface area contributed by atoms with Crippen LogP contribution in [0.3, 0.4) is 0 Å². The molecule has 125 heavy (non-hydrogen) atoms. The first-order valence-electron chi connectivity index (χ1n) is 40.2. The van der Waals surface area contributed by atoms with Gasteiger partial charge in [-0.2, -0.15) is 9.13 Å². The molecule has 8 aliphatic rings. The van der Waals surface area contributed by atoms with Gasteiger partial charge in [-0.15, -0.1) is 11.3 Å². The van der Waals surface area contributed by atoms with Crippen LogP contribution in [0.1, 0.15) is 98.7 Å². The maximum atomic E-state index is 13.2. The number of carbonyl (C=O) groups is 4. The maximum absolute atomic E-state index is 13.2. The van der Waals surface area contributed by atoms with Gasteiger partial charge in [-0.1, -0.05) is 186 Å². The summed E-state index contributed by atoms with van der Waals surface area (Å²) < 4.78 is 22.3. The second kappa shape index (κ2) is 45.1. The average Bonchev–Trinajstić information content (AvgIpc) is 1.59. The first kappa shape index (κ1) is 100. The van der Waals surface area contributed by atoms with Crippen LogP contribution >= 0.6 is 129 Å². The van der Waals surface area contributed by atoms with Crippen LogP contribution in [0.5, 0.6) is 0 Å². The SMILES string of the molecule is CCN1/C(=C/C=c2/s/c(=C\c3sc4ccccc4[n+]3CC)n(CC)c2=O)Sc2ccccc21.CCN1/C(=C/c2sc3ccccc3[n+]2CC)Sc2ccccc21.CCN1C(=O)/C(=C\C=C2/SC(C(=O)[O-])=C(C)N2C)SC1=S.CCN1C(=O)/C(=C\C=C2/Sc3ccccc3N2CC)OC1=S.CCN1C(=O)/C(=C\C=C2\N(C)c3ccccc3C2(C)C)OC1=S.[Cl-].[I-].[K+]. The van der Waals surface area contributed by atoms with Gasteiger partial charge in [-0.25, -0.2) is 0 Å². The third-order valence-corrected chi connectivity index (χ3v) is 31.1. The van der Waals surface area contributed by atoms with Gasteiger partial charge in [-0.05, 0) is 202 Å². The van der Waals surface area contributed by atoms with Gasteiger partial charge in [0.2, 0.25) is 11.0 Å². The number of para-hydroxylation sites is 6. The summed E-state index contributed by atoms with van der Waals surface area (Å²) >= 11 is 28.2. The number of rotatable bonds is 16. The van der Waals surface area contributed by atoms with Crippen molar-refractivity contribution in [2.45, 2.75) is 123 Å². The van der Waals surface area contributed by atoms with Gasteiger partial charge in [0.05, 0.1) is 69.6 Å². The van der Waals surface area contributed by atoms with E-state index in [2.05, 4.69) is 223 Å². The molecule has 6 aromatic carbocycles. The first-order valence-corrected chi connectivity index (χ1v) is 48.0. The number of nitrogens with zero attached hydrogens (tertiary/aromatic N) is 11. The molecule has 3 fully saturated rings. The smallest absolute Gasteiger partial charge is 1.00 e. The second-order valence-electron chi connectivity index (χ2n) is 28.4. The zero-order valence-electron chi connectivity index (χ0n) is 71.9. The number of anilines is 4. The summed E-state index contributed by atoms with van der Waals surface area (Å²) in [6.45, 7) is 31.5. The van der Waals surface area contributed by atoms with E-state index in [0.717, 1.165) is 74.5 Å². The number of aliphatic carboxylic acids is 1. The number of thiocarbonyl (C=S) groups is 3. The summed E-state index contributed by atoms with van der Waals surface area (Å²) in [7, 11) is 3.81. The molecule has 0 radical (unpaired) electrons. The third kappa shape index (κ3) is 21.4. The number of halogens is 2. The van der Waals surface area contributed by atoms with Crippen LogP contribution in [0.4, 0.5) is 22.7 Å². The summed E-state index contributed by atoms with van der Waals surface area (Å²) in [4.78, 5) is 80.4. The largest absolute Gasteiger partial charge is 1.00 e. The molecule has 0 saturated carbocycles. The van der Waals surface area contributed by atoms with Crippen LogP contribution in [-0.4, -0.2) is 116 Å². The number of carboxylic acid groups (broad SMARTS) is 1. The summed E-state index contributed by atoms with van der Waals surface area (Å²) in [5.41, 5.74) is 10.5. The molecule has 0 bridgehead atoms. The first-order chi connectivity index (χ1) is 58.8. The normalized spacial score (nSPS) is 18.9. The Morgan fingerprint density at radius 3 is 1.34 bits per heavy atom. The number of thioether (sulfide) groups is 5. The molecule has 646 valence electrons. The predicted molar refractivity (Wildman–Crippen MR) is 518 cm³/mol. The minimum absolute atomic E-state index is 0. The molecule has 0 N–H and O–H groups in total. The van der Waals surface area contributed by atoms with E-state index in [1.165, 1.54) is 105 Å². The molecule has 11 heterocycles. The van der Waals surface area contributed by atoms with Crippen molar-refractivity contribution < 1.29 is 131 Å². The Kier molecular flexibility index (Phi) is 36.1. The standard InChI is InChI=1S/C26H26N3OS3.C19H19N2S2.C18H20N2O2S.C16H16N2O2S2.C13H14N2O3S3.ClH.HI.K/c1-4-27-18-11-7-9-13-20(18)31-23(27)16-15-22-26(30)29(6-3)25(33-22)17-24-28(5-2)19-12-8-10-14-21(19)32-24;1-3-20-14-9-5-7-11-16(14)22-18(20)13-19-21(4-2)15-10-6-8-12-17(15)23-19;1-5-20-16(21)14(22-17(20)23)10-11-15-18(2,3)12-8-6-7-9-13(12)19(15)4;1-3-17-11-7-5-6-8-13(11)22-14(17)10-9-12-15(19)18(4-2)16(21)20-12;1-4-15-11(16)8(20-13(15)19)5-6-9-14(3)7(2)10(21-9)12(17)18;;;/h7-17H,4-6H2,1-3H3;5-13H,3-4H2,1-2H3;6-11H,5H2,1-4H3;5-10H,3-4H2,1-2H3;5-6H,4H2,1-3H3,(H,17,18);2*1H;/q2*+1;;;;;;+1/p-3/b22-15+,23-16-;;14-10+,15-11+;12-9+,14-10-;8-5+,9-6-;;;. The Morgan fingerprint density at radius 1 is 0.464 bits per heavy atom. The number of carboxylic acids is 1. The quantitative estimate of drug-likeness (QED) is 0.0296. The topological polar surface area (TPSA) is 165 Å². The van der Waals surface area contributed by atoms with Crippen LogP contribution < -0.4 is 136 Å². The van der Waals surface area contributed by atoms with E-state index < -0.39 is 5.97 Å². The number of amides is 3. The van der Waals surface area contributed by atoms with Gasteiger partial charge >= 0.3 is 51.4 Å². The Balaban J connectivity index is 0.000000164. The molecule has 0 spiro atoms. The number of aryl methyl sites for hydroxylation is 2. The van der Waals surface area contributed by atoms with Crippen molar-refractivity contribution in [2.75, 3.05) is 73.0 Å². The van der Waals surface area contributed by atoms with Crippen molar-refractivity contribution in [1.29, 1.82) is 0 Å². The number of benzene rings is 6. The molecular formula is C92H94ClIKN11O8S11. The Hall–Kier alpha value is -6.91. The fraction of sp³-hybridized carbons (Fsp3) is 0.261. The van der Waals surface area contributed by atoms with Gasteiger partial charge in [0.25, 0.3) is 43.6 Å². The minimum atomic E-state index is -1.19. The average molecular weight is 2040 g/mol. The van der Waals surface area contributed by atoms with E-state index in [1.54, 1.807) is 89.4 Å². The van der Waals surface area contributed by atoms with Gasteiger partial charge in [0.1, 0.15) is 31.5 Å². The maximum Gasteiger partial charge on any atom is 1.00 e. The van der Waals surface area contributed by atoms with Crippen molar-refractivity contribution in [1.82, 2.24) is 24.2 Å². The van der Waals surface area contributed by atoms with E-state index in [1.807, 2.05) is 98.8 Å². The van der Waals surface area contributed by atoms with E-state index >= 15 is 0 Å². The number of fused-ring (bicyclic) bond motifs is 6. The fourth-order valence-corrected chi connectivity index (χ4v) is 24.7. The molecule has 0 atom stereocenters. The molecular weight excluding hydrogens is 1940 g/mol. The third-order valence-electron chi connectivity index (χ3n) is 21.1. The van der Waals surface area contributed by atoms with Crippen LogP contribution in [-0.2, 0) is 53.7 Å². The van der Waals surface area contributed by atoms with Gasteiger partial charge < -0.3 is 80.3 Å². The number of allylic oxidation sites excluding steroid dienone is 9. The minimum Gasteiger partial charge on any atom is -1.00 e. The molecule has 33 heteroatoms. The summed E-state index contributed by atoms with van der Waals surface area (Å²) in [6, 6.07) is 50.9. The molecule has 3 amide bonds. The van der Waals surface area contributed by atoms with Crippen molar-refractivity contribution >= 4 is 229 Å². The second-order valence-corrected chi connectivity index (χ2v) is 38.1. The number of hydrogen-bond acceptors (Lipinski definition) is 24. The van der Waals surface area contributed by atoms with Gasteiger partial charge in [0, 0.05) is 109 Å². The molecule has 9 aromatic rings. The number of ether oxygens (including phenoxy) is 2. The van der Waals surface area contributed by atoms with E-state index in [-0.39, 0.29) is 143 Å². The van der Waals surface area contributed by atoms with E-state index in [4.69, 9.17) is 46.1 Å². The Labute approximate surface area is 845 Å². The van der Waals surface area contributed by atoms with Crippen LogP contribution in [0.15, 0.2) is 260 Å². The predicted octanol–water partition coefficient (Wildman–Crippen LogP) is 8.79.